The minimum absolute atomic E-state index is 0.267. The van der Waals surface area contributed by atoms with Crippen molar-refractivity contribution in [2.24, 2.45) is 0 Å². The number of aromatic nitrogens is 4. The van der Waals surface area contributed by atoms with Crippen LogP contribution in [0.15, 0.2) is 47.4 Å². The van der Waals surface area contributed by atoms with E-state index in [2.05, 4.69) is 24.8 Å². The van der Waals surface area contributed by atoms with Gasteiger partial charge in [0.1, 0.15) is 17.8 Å². The van der Waals surface area contributed by atoms with Gasteiger partial charge in [-0.1, -0.05) is 23.7 Å². The molecule has 1 fully saturated rings. The van der Waals surface area contributed by atoms with Gasteiger partial charge in [0.25, 0.3) is 0 Å². The first-order valence-corrected chi connectivity index (χ1v) is 7.93. The van der Waals surface area contributed by atoms with Crippen molar-refractivity contribution < 1.29 is 22.4 Å². The van der Waals surface area contributed by atoms with E-state index in [0.717, 1.165) is 6.42 Å². The first-order chi connectivity index (χ1) is 12.5. The van der Waals surface area contributed by atoms with Crippen LogP contribution in [0.2, 0.25) is 0 Å². The molecule has 0 aliphatic heterocycles. The van der Waals surface area contributed by atoms with Crippen LogP contribution in [0.4, 0.5) is 13.2 Å². The monoisotopic (exact) mass is 362 g/mol. The molecule has 6 nitrogen and oxygen atoms in total. The molecule has 26 heavy (non-hydrogen) atoms. The second kappa shape index (κ2) is 6.08. The molecule has 0 unspecified atom stereocenters. The van der Waals surface area contributed by atoms with Crippen LogP contribution in [0.5, 0.6) is 5.75 Å². The average Bonchev–Trinajstić information content (AvgIpc) is 3.04. The molecule has 3 aromatic rings. The minimum Gasteiger partial charge on any atom is -0.406 e. The van der Waals surface area contributed by atoms with Crippen LogP contribution in [0, 0.1) is 0 Å². The van der Waals surface area contributed by atoms with Crippen LogP contribution in [-0.2, 0) is 5.41 Å². The van der Waals surface area contributed by atoms with Crippen LogP contribution >= 0.6 is 0 Å². The molecule has 1 aromatic carbocycles. The van der Waals surface area contributed by atoms with Crippen LogP contribution in [0.25, 0.3) is 11.5 Å². The van der Waals surface area contributed by atoms with E-state index < -0.39 is 11.8 Å². The second-order valence-electron chi connectivity index (χ2n) is 6.03. The molecular formula is C17H13F3N4O2. The van der Waals surface area contributed by atoms with Crippen molar-refractivity contribution >= 4 is 0 Å². The molecule has 0 bridgehead atoms. The van der Waals surface area contributed by atoms with E-state index in [0.29, 0.717) is 35.8 Å². The van der Waals surface area contributed by atoms with Crippen LogP contribution in [0.3, 0.4) is 0 Å². The smallest absolute Gasteiger partial charge is 0.406 e. The summed E-state index contributed by atoms with van der Waals surface area (Å²) in [6, 6.07) is 7.57. The number of benzene rings is 1. The Labute approximate surface area is 146 Å². The Kier molecular flexibility index (Phi) is 3.86. The Morgan fingerprint density at radius 1 is 1.15 bits per heavy atom. The van der Waals surface area contributed by atoms with Gasteiger partial charge in [-0.15, -0.1) is 13.2 Å². The summed E-state index contributed by atoms with van der Waals surface area (Å²) >= 11 is 0. The molecule has 134 valence electrons. The number of alkyl halides is 3. The highest BCUT2D eigenvalue weighted by molar-refractivity contribution is 5.48. The predicted octanol–water partition coefficient (Wildman–Crippen LogP) is 3.90. The highest BCUT2D eigenvalue weighted by Gasteiger charge is 2.46. The van der Waals surface area contributed by atoms with Crippen molar-refractivity contribution in [1.82, 2.24) is 20.1 Å². The molecule has 0 spiro atoms. The summed E-state index contributed by atoms with van der Waals surface area (Å²) in [6.45, 7) is 0. The molecule has 4 rings (SSSR count). The lowest BCUT2D eigenvalue weighted by Gasteiger charge is -2.39. The highest BCUT2D eigenvalue weighted by atomic mass is 19.4. The van der Waals surface area contributed by atoms with E-state index in [1.54, 1.807) is 18.3 Å². The fourth-order valence-corrected chi connectivity index (χ4v) is 3.09. The molecule has 2 aromatic heterocycles. The summed E-state index contributed by atoms with van der Waals surface area (Å²) in [6.07, 6.45) is 0.519. The van der Waals surface area contributed by atoms with Crippen LogP contribution in [-0.4, -0.2) is 26.5 Å². The first kappa shape index (κ1) is 16.5. The molecule has 1 saturated carbocycles. The van der Waals surface area contributed by atoms with Gasteiger partial charge >= 0.3 is 6.36 Å². The maximum absolute atomic E-state index is 12.5. The first-order valence-electron chi connectivity index (χ1n) is 7.93. The second-order valence-corrected chi connectivity index (χ2v) is 6.03. The average molecular weight is 362 g/mol. The molecule has 0 radical (unpaired) electrons. The zero-order valence-corrected chi connectivity index (χ0v) is 13.4. The van der Waals surface area contributed by atoms with Crippen molar-refractivity contribution in [3.63, 3.8) is 0 Å². The van der Waals surface area contributed by atoms with E-state index in [9.17, 15) is 13.2 Å². The molecule has 0 N–H and O–H groups in total. The van der Waals surface area contributed by atoms with Gasteiger partial charge in [-0.25, -0.2) is 9.97 Å². The largest absolute Gasteiger partial charge is 0.573 e. The Hall–Kier alpha value is -2.97. The zero-order chi connectivity index (χ0) is 18.2. The van der Waals surface area contributed by atoms with Gasteiger partial charge < -0.3 is 9.26 Å². The van der Waals surface area contributed by atoms with E-state index in [-0.39, 0.29) is 5.75 Å². The van der Waals surface area contributed by atoms with Gasteiger partial charge in [0.2, 0.25) is 11.7 Å². The number of rotatable bonds is 4. The van der Waals surface area contributed by atoms with E-state index >= 15 is 0 Å². The lowest BCUT2D eigenvalue weighted by molar-refractivity contribution is -0.274. The molecule has 0 saturated heterocycles. The topological polar surface area (TPSA) is 73.9 Å². The van der Waals surface area contributed by atoms with Crippen molar-refractivity contribution in [3.8, 4) is 17.3 Å². The van der Waals surface area contributed by atoms with E-state index in [4.69, 9.17) is 4.52 Å². The Morgan fingerprint density at radius 2 is 2.00 bits per heavy atom. The number of hydrogen-bond acceptors (Lipinski definition) is 6. The summed E-state index contributed by atoms with van der Waals surface area (Å²) in [4.78, 5) is 12.3. The fourth-order valence-electron chi connectivity index (χ4n) is 3.09. The molecule has 1 aliphatic carbocycles. The normalized spacial score (nSPS) is 16.1. The summed E-state index contributed by atoms with van der Waals surface area (Å²) in [5.74, 6) is 0.412. The van der Waals surface area contributed by atoms with Gasteiger partial charge in [-0.3, -0.25) is 0 Å². The third kappa shape index (κ3) is 3.00. The van der Waals surface area contributed by atoms with E-state index in [1.807, 2.05) is 0 Å². The number of halogens is 3. The molecule has 9 heteroatoms. The van der Waals surface area contributed by atoms with Crippen molar-refractivity contribution in [2.45, 2.75) is 31.0 Å². The van der Waals surface area contributed by atoms with Gasteiger partial charge in [0.15, 0.2) is 0 Å². The molecule has 1 aliphatic rings. The van der Waals surface area contributed by atoms with Crippen molar-refractivity contribution in [1.29, 1.82) is 0 Å². The highest BCUT2D eigenvalue weighted by Crippen LogP contribution is 2.49. The fraction of sp³-hybridized carbons (Fsp3) is 0.294. The number of nitrogens with zero attached hydrogens (tertiary/aromatic N) is 4. The number of ether oxygens (including phenoxy) is 1. The van der Waals surface area contributed by atoms with Gasteiger partial charge in [-0.05, 0) is 36.6 Å². The van der Waals surface area contributed by atoms with Crippen LogP contribution < -0.4 is 4.74 Å². The minimum atomic E-state index is -4.74. The molecule has 2 heterocycles. The third-order valence-corrected chi connectivity index (χ3v) is 4.47. The maximum atomic E-state index is 12.5. The Morgan fingerprint density at radius 3 is 2.65 bits per heavy atom. The van der Waals surface area contributed by atoms with Gasteiger partial charge in [0, 0.05) is 6.20 Å². The predicted molar refractivity (Wildman–Crippen MR) is 83.1 cm³/mol. The lowest BCUT2D eigenvalue weighted by atomic mass is 9.64. The van der Waals surface area contributed by atoms with Crippen molar-refractivity contribution in [2.75, 3.05) is 0 Å². The molecule has 0 atom stereocenters. The van der Waals surface area contributed by atoms with Gasteiger partial charge in [-0.2, -0.15) is 4.98 Å². The third-order valence-electron chi connectivity index (χ3n) is 4.47. The standard InChI is InChI=1S/C17H13F3N4O2/c18-17(19,20)25-12-4-1-3-11(9-12)16(6-2-7-16)15-23-14(24-26-15)13-5-8-21-10-22-13/h1,3-5,8-10H,2,6-7H2. The molecule has 0 amide bonds. The number of hydrogen-bond donors (Lipinski definition) is 0. The van der Waals surface area contributed by atoms with E-state index in [1.165, 1.54) is 24.5 Å². The van der Waals surface area contributed by atoms with Gasteiger partial charge in [0.05, 0.1) is 5.41 Å². The summed E-state index contributed by atoms with van der Waals surface area (Å²) in [7, 11) is 0. The lowest BCUT2D eigenvalue weighted by Crippen LogP contribution is -2.36. The Bertz CT molecular complexity index is 908. The summed E-state index contributed by atoms with van der Waals surface area (Å²) in [5, 5.41) is 3.95. The maximum Gasteiger partial charge on any atom is 0.573 e. The SMILES string of the molecule is FC(F)(F)Oc1cccc(C2(c3nc(-c4ccncn4)no3)CCC2)c1. The molecular weight excluding hydrogens is 349 g/mol. The Balaban J connectivity index is 1.69. The zero-order valence-electron chi connectivity index (χ0n) is 13.4. The summed E-state index contributed by atoms with van der Waals surface area (Å²) < 4.78 is 47.0. The summed E-state index contributed by atoms with van der Waals surface area (Å²) in [5.41, 5.74) is 0.561. The van der Waals surface area contributed by atoms with Crippen molar-refractivity contribution in [3.05, 3.63) is 54.3 Å². The van der Waals surface area contributed by atoms with Crippen LogP contribution in [0.1, 0.15) is 30.7 Å². The quantitative estimate of drug-likeness (QED) is 0.701.